The Morgan fingerprint density at radius 1 is 0.148 bits per heavy atom. The fraction of sp³-hybridized carbons (Fsp3) is 0.0145. The SMILES string of the molecule is c1ccc(-c2ccc(-c3ccccc3N(c3ccc(-c4cccc5c4-c4ccccc4C5(c4ccccc4)c4ccccc4)cc3)c3ccccc3-c3ccc4oc5ccccc5c4c3)cc2)cc1.c1ccc(C2(c3ccccc3)c3ccccc3-c3c(-c4ccc(N(c5ccc(-c6ccc(-c7cccc8ccccc78)cc6)cc5)c5ccccc5-c5ccc6oc7ccccc7c6c5)cc4)cccc32)cc1. The average Bonchev–Trinajstić information content (AvgIpc) is 1.53. The first-order chi connectivity index (χ1) is 70.4. The number of anilines is 6. The van der Waals surface area contributed by atoms with Gasteiger partial charge in [0.15, 0.2) is 0 Å². The first kappa shape index (κ1) is 84.1. The van der Waals surface area contributed by atoms with Crippen molar-refractivity contribution in [3.05, 3.63) is 603 Å². The highest BCUT2D eigenvalue weighted by Gasteiger charge is 2.49. The molecule has 0 spiro atoms. The highest BCUT2D eigenvalue weighted by Crippen LogP contribution is 2.61. The second kappa shape index (κ2) is 35.6. The number of nitrogens with zero attached hydrogens (tertiary/aromatic N) is 2. The number of benzene rings is 23. The molecule has 0 aliphatic heterocycles. The summed E-state index contributed by atoms with van der Waals surface area (Å²) in [5.41, 5.74) is 43.1. The van der Waals surface area contributed by atoms with Gasteiger partial charge in [0.05, 0.1) is 27.9 Å². The van der Waals surface area contributed by atoms with Crippen LogP contribution >= 0.6 is 0 Å². The molecular formula is C138H92N2O2. The molecule has 2 aromatic heterocycles. The van der Waals surface area contributed by atoms with Crippen LogP contribution in [0.25, 0.3) is 166 Å². The van der Waals surface area contributed by atoms with E-state index in [9.17, 15) is 0 Å². The van der Waals surface area contributed by atoms with Crippen molar-refractivity contribution >= 4 is 88.8 Å². The summed E-state index contributed by atoms with van der Waals surface area (Å²) in [5.74, 6) is 0. The molecule has 0 amide bonds. The Hall–Kier alpha value is -18.5. The topological polar surface area (TPSA) is 32.8 Å². The third-order valence-electron chi connectivity index (χ3n) is 29.4. The Kier molecular flexibility index (Phi) is 21.1. The van der Waals surface area contributed by atoms with Crippen molar-refractivity contribution in [3.63, 3.8) is 0 Å². The van der Waals surface area contributed by atoms with Crippen LogP contribution in [0.15, 0.2) is 567 Å². The quantitative estimate of drug-likeness (QED) is 0.0857. The molecule has 0 unspecified atom stereocenters. The number of furan rings is 2. The van der Waals surface area contributed by atoms with Crippen molar-refractivity contribution < 1.29 is 8.83 Å². The molecule has 2 heterocycles. The van der Waals surface area contributed by atoms with Gasteiger partial charge >= 0.3 is 0 Å². The average molecular weight is 1810 g/mol. The fourth-order valence-corrected chi connectivity index (χ4v) is 23.0. The predicted molar refractivity (Wildman–Crippen MR) is 592 cm³/mol. The van der Waals surface area contributed by atoms with Gasteiger partial charge in [-0.3, -0.25) is 0 Å². The first-order valence-electron chi connectivity index (χ1n) is 48.9. The van der Waals surface area contributed by atoms with Gasteiger partial charge in [0.1, 0.15) is 22.3 Å². The maximum atomic E-state index is 6.30. The molecule has 23 aromatic carbocycles. The lowest BCUT2D eigenvalue weighted by atomic mass is 9.67. The van der Waals surface area contributed by atoms with E-state index in [-0.39, 0.29) is 0 Å². The Morgan fingerprint density at radius 2 is 0.408 bits per heavy atom. The van der Waals surface area contributed by atoms with E-state index in [4.69, 9.17) is 8.83 Å². The van der Waals surface area contributed by atoms with Crippen LogP contribution in [0.3, 0.4) is 0 Å². The van der Waals surface area contributed by atoms with Gasteiger partial charge in [0.2, 0.25) is 0 Å². The summed E-state index contributed by atoms with van der Waals surface area (Å²) in [6.07, 6.45) is 0. The summed E-state index contributed by atoms with van der Waals surface area (Å²) < 4.78 is 12.6. The number of hydrogen-bond donors (Lipinski definition) is 0. The maximum absolute atomic E-state index is 6.30. The standard InChI is InChI=1S/C71H47NO.C67H45NO/c1-3-19-54(20-4-1)71(55-21-5-2-6-22-55)65-29-12-9-26-63(65)70-61(28-16-30-66(70)71)52-39-44-57(45-40-52)72(67-31-13-10-24-60(67)53-41-46-69-64(47-53)62-25-11-14-32-68(62)73-69)56-42-37-49(38-43-56)48-33-35-51(36-34-48)59-27-15-18-50-17-7-8-23-58(50)59;1-4-19-46(20-5-1)47-35-37-48(38-36-47)54-25-11-15-32-62(54)68(63-33-16-12-26-55(63)50-41-44-65-59(45-50)57-27-13-17-34-64(57)69-65)53-42-39-49(40-43-53)56-29-18-31-61-66(56)58-28-10-14-30-60(58)67(61,51-21-6-2-7-22-51)52-23-8-3-9-24-52/h1-47H;1-45H. The number of hydrogen-bond acceptors (Lipinski definition) is 4. The molecule has 0 atom stereocenters. The fourth-order valence-electron chi connectivity index (χ4n) is 23.0. The molecule has 0 N–H and O–H groups in total. The largest absolute Gasteiger partial charge is 0.456 e. The van der Waals surface area contributed by atoms with E-state index in [0.29, 0.717) is 0 Å². The van der Waals surface area contributed by atoms with E-state index < -0.39 is 10.8 Å². The van der Waals surface area contributed by atoms with Gasteiger partial charge < -0.3 is 18.6 Å². The van der Waals surface area contributed by atoms with Crippen molar-refractivity contribution in [2.75, 3.05) is 9.80 Å². The summed E-state index contributed by atoms with van der Waals surface area (Å²) in [6.45, 7) is 0. The molecule has 4 heteroatoms. The third kappa shape index (κ3) is 14.3. The van der Waals surface area contributed by atoms with Gasteiger partial charge in [-0.2, -0.15) is 0 Å². The molecule has 25 aromatic rings. The van der Waals surface area contributed by atoms with Crippen molar-refractivity contribution in [1.29, 1.82) is 0 Å². The van der Waals surface area contributed by atoms with E-state index in [2.05, 4.69) is 544 Å². The van der Waals surface area contributed by atoms with Crippen LogP contribution in [-0.4, -0.2) is 0 Å². The summed E-state index contributed by atoms with van der Waals surface area (Å²) >= 11 is 0. The molecular weight excluding hydrogens is 1720 g/mol. The van der Waals surface area contributed by atoms with Gasteiger partial charge in [-0.05, 0) is 241 Å². The zero-order chi connectivity index (χ0) is 94.0. The number of rotatable bonds is 18. The highest BCUT2D eigenvalue weighted by atomic mass is 16.3. The molecule has 0 bridgehead atoms. The monoisotopic (exact) mass is 1810 g/mol. The summed E-state index contributed by atoms with van der Waals surface area (Å²) in [7, 11) is 0. The van der Waals surface area contributed by atoms with E-state index >= 15 is 0 Å². The van der Waals surface area contributed by atoms with Crippen LogP contribution < -0.4 is 9.80 Å². The van der Waals surface area contributed by atoms with Gasteiger partial charge in [0.25, 0.3) is 0 Å². The summed E-state index contributed by atoms with van der Waals surface area (Å²) in [6, 6.07) is 203. The Bertz CT molecular complexity index is 8960. The maximum Gasteiger partial charge on any atom is 0.135 e. The Balaban J connectivity index is 0.000000146. The van der Waals surface area contributed by atoms with Crippen LogP contribution in [0, 0.1) is 0 Å². The first-order valence-corrected chi connectivity index (χ1v) is 48.9. The van der Waals surface area contributed by atoms with Crippen molar-refractivity contribution in [2.24, 2.45) is 0 Å². The van der Waals surface area contributed by atoms with E-state index in [1.807, 2.05) is 24.3 Å². The van der Waals surface area contributed by atoms with E-state index in [1.54, 1.807) is 0 Å². The van der Waals surface area contributed by atoms with Crippen molar-refractivity contribution in [3.8, 4) is 111 Å². The normalized spacial score (nSPS) is 12.5. The molecule has 2 aliphatic carbocycles. The van der Waals surface area contributed by atoms with Crippen LogP contribution in [0.2, 0.25) is 0 Å². The van der Waals surface area contributed by atoms with Crippen LogP contribution in [-0.2, 0) is 10.8 Å². The van der Waals surface area contributed by atoms with Gasteiger partial charge in [-0.25, -0.2) is 0 Å². The minimum Gasteiger partial charge on any atom is -0.456 e. The zero-order valence-corrected chi connectivity index (χ0v) is 77.8. The molecule has 0 saturated carbocycles. The number of fused-ring (bicyclic) bond motifs is 13. The molecule has 2 aliphatic rings. The van der Waals surface area contributed by atoms with Crippen LogP contribution in [0.5, 0.6) is 0 Å². The van der Waals surface area contributed by atoms with E-state index in [1.165, 1.54) is 122 Å². The lowest BCUT2D eigenvalue weighted by Crippen LogP contribution is -2.28. The Labute approximate surface area is 826 Å². The summed E-state index contributed by atoms with van der Waals surface area (Å²) in [4.78, 5) is 4.85. The molecule has 0 saturated heterocycles. The smallest absolute Gasteiger partial charge is 0.135 e. The minimum absolute atomic E-state index is 0.471. The lowest BCUT2D eigenvalue weighted by molar-refractivity contribution is 0.668. The van der Waals surface area contributed by atoms with Crippen molar-refractivity contribution in [1.82, 2.24) is 0 Å². The van der Waals surface area contributed by atoms with Gasteiger partial charge in [-0.15, -0.1) is 0 Å². The predicted octanol–water partition coefficient (Wildman–Crippen LogP) is 37.3. The molecule has 27 rings (SSSR count). The van der Waals surface area contributed by atoms with Crippen LogP contribution in [0.1, 0.15) is 44.5 Å². The van der Waals surface area contributed by atoms with Crippen molar-refractivity contribution in [2.45, 2.75) is 10.8 Å². The summed E-state index contributed by atoms with van der Waals surface area (Å²) in [5, 5.41) is 6.95. The molecule has 0 fully saturated rings. The highest BCUT2D eigenvalue weighted by molar-refractivity contribution is 6.10. The van der Waals surface area contributed by atoms with E-state index in [0.717, 1.165) is 123 Å². The lowest BCUT2D eigenvalue weighted by Gasteiger charge is -2.34. The van der Waals surface area contributed by atoms with Gasteiger partial charge in [-0.1, -0.05) is 467 Å². The van der Waals surface area contributed by atoms with Crippen LogP contribution in [0.4, 0.5) is 34.1 Å². The van der Waals surface area contributed by atoms with Gasteiger partial charge in [0, 0.05) is 55.3 Å². The Morgan fingerprint density at radius 3 is 0.845 bits per heavy atom. The molecule has 0 radical (unpaired) electrons. The molecule has 142 heavy (non-hydrogen) atoms. The number of para-hydroxylation sites is 5. The second-order valence-corrected chi connectivity index (χ2v) is 37.0. The zero-order valence-electron chi connectivity index (χ0n) is 77.8. The minimum atomic E-state index is -0.473. The molecule has 666 valence electrons. The molecule has 4 nitrogen and oxygen atoms in total. The third-order valence-corrected chi connectivity index (χ3v) is 29.4. The second-order valence-electron chi connectivity index (χ2n) is 37.0.